The van der Waals surface area contributed by atoms with E-state index in [4.69, 9.17) is 15.7 Å². The summed E-state index contributed by atoms with van der Waals surface area (Å²) in [6, 6.07) is 16.4. The number of carbonyl (C=O) groups is 1. The zero-order valence-electron chi connectivity index (χ0n) is 16.6. The number of rotatable bonds is 6. The van der Waals surface area contributed by atoms with Gasteiger partial charge in [-0.25, -0.2) is 0 Å². The van der Waals surface area contributed by atoms with Gasteiger partial charge in [0.25, 0.3) is 5.91 Å². The van der Waals surface area contributed by atoms with Gasteiger partial charge in [0.2, 0.25) is 0 Å². The van der Waals surface area contributed by atoms with Crippen LogP contribution in [0.2, 0.25) is 0 Å². The lowest BCUT2D eigenvalue weighted by atomic mass is 10.1. The summed E-state index contributed by atoms with van der Waals surface area (Å²) < 4.78 is 5.23. The van der Waals surface area contributed by atoms with E-state index in [9.17, 15) is 4.79 Å². The van der Waals surface area contributed by atoms with Crippen molar-refractivity contribution in [2.75, 3.05) is 12.0 Å². The van der Waals surface area contributed by atoms with E-state index in [0.717, 1.165) is 28.4 Å². The number of carbonyl (C=O) groups excluding carboxylic acids is 1. The highest BCUT2D eigenvalue weighted by molar-refractivity contribution is 6.07. The second kappa shape index (κ2) is 8.52. The molecule has 3 rings (SSSR count). The van der Waals surface area contributed by atoms with Crippen LogP contribution in [-0.2, 0) is 6.54 Å². The number of amides is 1. The van der Waals surface area contributed by atoms with Crippen molar-refractivity contribution in [3.63, 3.8) is 0 Å². The molecule has 2 aromatic carbocycles. The molecule has 0 aliphatic rings. The minimum atomic E-state index is -0.0995. The average molecular weight is 392 g/mol. The van der Waals surface area contributed by atoms with Crippen LogP contribution in [0.4, 0.5) is 5.69 Å². The monoisotopic (exact) mass is 392 g/mol. The number of aromatic nitrogens is 1. The number of hydrogen-bond acceptors (Lipinski definition) is 4. The second-order valence-corrected chi connectivity index (χ2v) is 6.76. The summed E-state index contributed by atoms with van der Waals surface area (Å²) in [5.74, 6) is 0.661. The lowest BCUT2D eigenvalue weighted by Gasteiger charge is -2.23. The van der Waals surface area contributed by atoms with E-state index in [-0.39, 0.29) is 11.7 Å². The van der Waals surface area contributed by atoms with Gasteiger partial charge in [0.1, 0.15) is 5.75 Å². The first-order chi connectivity index (χ1) is 13.9. The summed E-state index contributed by atoms with van der Waals surface area (Å²) in [5, 5.41) is 11.8. The third kappa shape index (κ3) is 4.40. The fourth-order valence-corrected chi connectivity index (χ4v) is 3.16. The van der Waals surface area contributed by atoms with Crippen LogP contribution < -0.4 is 15.4 Å². The Balaban J connectivity index is 1.95. The minimum absolute atomic E-state index is 0.0399. The molecule has 150 valence electrons. The van der Waals surface area contributed by atoms with Crippen LogP contribution in [0.15, 0.2) is 59.8 Å². The molecule has 0 aliphatic heterocycles. The number of aryl methyl sites for hydroxylation is 2. The number of methoxy groups -OCH3 is 1. The van der Waals surface area contributed by atoms with E-state index in [1.54, 1.807) is 24.1 Å². The van der Waals surface area contributed by atoms with Gasteiger partial charge in [-0.3, -0.25) is 4.79 Å². The number of amidine groups is 1. The Bertz CT molecular complexity index is 1020. The molecule has 0 radical (unpaired) electrons. The molecule has 0 saturated carbocycles. The standard InChI is InChI=1S/C22H24N4O3/c1-14-12-20(15(2)24-14)22(27)26(18-8-10-19(29-3)11-9-18)13-16-4-6-17(7-5-16)21(23)25-28/h4-12,24,28H,13H2,1-3H3,(H2,23,25). The average Bonchev–Trinajstić information content (AvgIpc) is 3.09. The maximum atomic E-state index is 13.4. The summed E-state index contributed by atoms with van der Waals surface area (Å²) in [6.07, 6.45) is 0. The van der Waals surface area contributed by atoms with Crippen LogP contribution >= 0.6 is 0 Å². The van der Waals surface area contributed by atoms with Crippen LogP contribution in [0.3, 0.4) is 0 Å². The Labute approximate surface area is 169 Å². The normalized spacial score (nSPS) is 11.3. The summed E-state index contributed by atoms with van der Waals surface area (Å²) in [7, 11) is 1.60. The predicted molar refractivity (Wildman–Crippen MR) is 113 cm³/mol. The Morgan fingerprint density at radius 1 is 1.14 bits per heavy atom. The van der Waals surface area contributed by atoms with E-state index in [2.05, 4.69) is 10.1 Å². The number of ether oxygens (including phenoxy) is 1. The maximum absolute atomic E-state index is 13.4. The third-order valence-corrected chi connectivity index (χ3v) is 4.71. The lowest BCUT2D eigenvalue weighted by Crippen LogP contribution is -2.30. The number of nitrogens with one attached hydrogen (secondary N) is 1. The van der Waals surface area contributed by atoms with Crippen molar-refractivity contribution in [2.24, 2.45) is 10.9 Å². The molecular weight excluding hydrogens is 368 g/mol. The predicted octanol–water partition coefficient (Wildman–Crippen LogP) is 3.58. The number of nitrogens with zero attached hydrogens (tertiary/aromatic N) is 2. The van der Waals surface area contributed by atoms with Gasteiger partial charge in [0, 0.05) is 22.6 Å². The van der Waals surface area contributed by atoms with E-state index in [0.29, 0.717) is 17.7 Å². The topological polar surface area (TPSA) is 104 Å². The van der Waals surface area contributed by atoms with Crippen LogP contribution in [-0.4, -0.2) is 29.0 Å². The van der Waals surface area contributed by atoms with Crippen LogP contribution in [0.1, 0.15) is 32.9 Å². The van der Waals surface area contributed by atoms with Gasteiger partial charge in [-0.15, -0.1) is 0 Å². The molecule has 7 heteroatoms. The number of benzene rings is 2. The van der Waals surface area contributed by atoms with Crippen molar-refractivity contribution >= 4 is 17.4 Å². The lowest BCUT2D eigenvalue weighted by molar-refractivity contribution is 0.0984. The van der Waals surface area contributed by atoms with Gasteiger partial charge in [-0.05, 0) is 49.7 Å². The van der Waals surface area contributed by atoms with Gasteiger partial charge < -0.3 is 25.6 Å². The van der Waals surface area contributed by atoms with Crippen molar-refractivity contribution in [1.82, 2.24) is 4.98 Å². The van der Waals surface area contributed by atoms with Gasteiger partial charge in [-0.2, -0.15) is 0 Å². The molecule has 1 aromatic heterocycles. The van der Waals surface area contributed by atoms with Crippen molar-refractivity contribution in [2.45, 2.75) is 20.4 Å². The molecule has 29 heavy (non-hydrogen) atoms. The Hall–Kier alpha value is -3.74. The molecule has 0 saturated heterocycles. The highest BCUT2D eigenvalue weighted by Crippen LogP contribution is 2.24. The second-order valence-electron chi connectivity index (χ2n) is 6.76. The number of H-pyrrole nitrogens is 1. The van der Waals surface area contributed by atoms with Crippen molar-refractivity contribution in [3.8, 4) is 5.75 Å². The number of anilines is 1. The van der Waals surface area contributed by atoms with E-state index >= 15 is 0 Å². The highest BCUT2D eigenvalue weighted by atomic mass is 16.5. The first-order valence-electron chi connectivity index (χ1n) is 9.12. The van der Waals surface area contributed by atoms with Gasteiger partial charge >= 0.3 is 0 Å². The highest BCUT2D eigenvalue weighted by Gasteiger charge is 2.21. The SMILES string of the molecule is COc1ccc(N(Cc2ccc(C(N)=NO)cc2)C(=O)c2cc(C)[nH]c2C)cc1. The van der Waals surface area contributed by atoms with Crippen molar-refractivity contribution in [1.29, 1.82) is 0 Å². The molecule has 0 aliphatic carbocycles. The summed E-state index contributed by atoms with van der Waals surface area (Å²) in [4.78, 5) is 18.3. The molecule has 1 heterocycles. The minimum Gasteiger partial charge on any atom is -0.497 e. The molecule has 0 spiro atoms. The molecule has 7 nitrogen and oxygen atoms in total. The van der Waals surface area contributed by atoms with E-state index in [1.807, 2.05) is 56.3 Å². The first kappa shape index (κ1) is 20.0. The first-order valence-corrected chi connectivity index (χ1v) is 9.12. The molecule has 1 amide bonds. The summed E-state index contributed by atoms with van der Waals surface area (Å²) in [6.45, 7) is 4.18. The van der Waals surface area contributed by atoms with Crippen molar-refractivity contribution < 1.29 is 14.7 Å². The molecular formula is C22H24N4O3. The van der Waals surface area contributed by atoms with Crippen LogP contribution in [0.25, 0.3) is 0 Å². The molecule has 3 aromatic rings. The van der Waals surface area contributed by atoms with E-state index < -0.39 is 0 Å². The molecule has 0 atom stereocenters. The number of oxime groups is 1. The molecule has 0 fully saturated rings. The number of aromatic amines is 1. The number of nitrogens with two attached hydrogens (primary N) is 1. The third-order valence-electron chi connectivity index (χ3n) is 4.71. The summed E-state index contributed by atoms with van der Waals surface area (Å²) in [5.41, 5.74) is 10.3. The maximum Gasteiger partial charge on any atom is 0.260 e. The van der Waals surface area contributed by atoms with Crippen LogP contribution in [0, 0.1) is 13.8 Å². The zero-order chi connectivity index (χ0) is 21.0. The Morgan fingerprint density at radius 3 is 2.31 bits per heavy atom. The molecule has 0 unspecified atom stereocenters. The Morgan fingerprint density at radius 2 is 1.79 bits per heavy atom. The zero-order valence-corrected chi connectivity index (χ0v) is 16.6. The Kier molecular flexibility index (Phi) is 5.87. The van der Waals surface area contributed by atoms with Crippen molar-refractivity contribution in [3.05, 3.63) is 82.7 Å². The molecule has 0 bridgehead atoms. The van der Waals surface area contributed by atoms with Gasteiger partial charge in [0.05, 0.1) is 19.2 Å². The van der Waals surface area contributed by atoms with Crippen LogP contribution in [0.5, 0.6) is 5.75 Å². The van der Waals surface area contributed by atoms with E-state index in [1.165, 1.54) is 0 Å². The van der Waals surface area contributed by atoms with Gasteiger partial charge in [0.15, 0.2) is 5.84 Å². The summed E-state index contributed by atoms with van der Waals surface area (Å²) >= 11 is 0. The fourth-order valence-electron chi connectivity index (χ4n) is 3.16. The largest absolute Gasteiger partial charge is 0.497 e. The van der Waals surface area contributed by atoms with Gasteiger partial charge in [-0.1, -0.05) is 29.4 Å². The smallest absolute Gasteiger partial charge is 0.260 e. The molecule has 4 N–H and O–H groups in total. The quantitative estimate of drug-likeness (QED) is 0.258. The fraction of sp³-hybridized carbons (Fsp3) is 0.182. The number of hydrogen-bond donors (Lipinski definition) is 3.